The average Bonchev–Trinajstić information content (AvgIpc) is 3.24. The van der Waals surface area contributed by atoms with Crippen LogP contribution < -0.4 is 21.4 Å². The Morgan fingerprint density at radius 3 is 1.62 bits per heavy atom. The van der Waals surface area contributed by atoms with E-state index in [1.165, 1.54) is 18.7 Å². The summed E-state index contributed by atoms with van der Waals surface area (Å²) in [6.45, 7) is 1.49. The zero-order valence-corrected chi connectivity index (χ0v) is 35.2. The van der Waals surface area contributed by atoms with E-state index in [4.69, 9.17) is 4.74 Å². The normalized spacial score (nSPS) is 13.2. The van der Waals surface area contributed by atoms with Crippen LogP contribution in [0.25, 0.3) is 0 Å². The molecule has 21 heteroatoms. The van der Waals surface area contributed by atoms with Crippen molar-refractivity contribution in [2.75, 3.05) is 6.54 Å². The second-order valence-electron chi connectivity index (χ2n) is 14.4. The van der Waals surface area contributed by atoms with Crippen LogP contribution in [0.2, 0.25) is 0 Å². The summed E-state index contributed by atoms with van der Waals surface area (Å²) in [4.78, 5) is 117. The molecule has 0 heterocycles. The summed E-state index contributed by atoms with van der Waals surface area (Å²) >= 11 is 4.16. The number of hydrogen-bond donors (Lipinski definition) is 9. The number of hydrogen-bond acceptors (Lipinski definition) is 12. The number of ether oxygens (including phenoxy) is 1. The van der Waals surface area contributed by atoms with Crippen molar-refractivity contribution in [3.8, 4) is 0 Å². The molecule has 3 aromatic rings. The van der Waals surface area contributed by atoms with Gasteiger partial charge in [0.25, 0.3) is 17.7 Å². The maximum absolute atomic E-state index is 13.7. The predicted molar refractivity (Wildman–Crippen MR) is 225 cm³/mol. The van der Waals surface area contributed by atoms with E-state index >= 15 is 0 Å². The third-order valence-corrected chi connectivity index (χ3v) is 9.58. The summed E-state index contributed by atoms with van der Waals surface area (Å²) in [6.07, 6.45) is -5.59. The van der Waals surface area contributed by atoms with Crippen molar-refractivity contribution in [1.29, 1.82) is 0 Å². The van der Waals surface area contributed by atoms with E-state index in [-0.39, 0.29) is 19.7 Å². The molecule has 0 fully saturated rings. The summed E-state index contributed by atoms with van der Waals surface area (Å²) in [5.41, 5.74) is 4.05. The first-order valence-corrected chi connectivity index (χ1v) is 20.0. The fourth-order valence-electron chi connectivity index (χ4n) is 5.84. The third-order valence-electron chi connectivity index (χ3n) is 9.08. The monoisotopic (exact) mass is 894 g/mol. The van der Waals surface area contributed by atoms with Gasteiger partial charge >= 0.3 is 24.0 Å². The van der Waals surface area contributed by atoms with Crippen LogP contribution in [-0.2, 0) is 62.8 Å². The number of carboxylic acid groups (broad SMARTS) is 3. The summed E-state index contributed by atoms with van der Waals surface area (Å²) in [5.74, 6) is -11.2. The first kappa shape index (κ1) is 50.4. The molecular weight excluding hydrogens is 845 g/mol. The van der Waals surface area contributed by atoms with E-state index < -0.39 is 115 Å². The third kappa shape index (κ3) is 17.1. The van der Waals surface area contributed by atoms with Gasteiger partial charge in [-0.15, -0.1) is 0 Å². The number of carbonyl (C=O) groups excluding carboxylic acids is 6. The lowest BCUT2D eigenvalue weighted by atomic mass is 10.0. The van der Waals surface area contributed by atoms with Crippen molar-refractivity contribution in [2.24, 2.45) is 5.92 Å². The van der Waals surface area contributed by atoms with E-state index in [1.54, 1.807) is 91.0 Å². The average molecular weight is 895 g/mol. The van der Waals surface area contributed by atoms with Crippen molar-refractivity contribution in [3.05, 3.63) is 108 Å². The Morgan fingerprint density at radius 1 is 0.635 bits per heavy atom. The second kappa shape index (κ2) is 25.1. The number of benzene rings is 3. The molecule has 0 aliphatic heterocycles. The van der Waals surface area contributed by atoms with Gasteiger partial charge in [0, 0.05) is 19.5 Å². The molecule has 8 N–H and O–H groups in total. The Kier molecular flexibility index (Phi) is 20.0. The lowest BCUT2D eigenvalue weighted by Crippen LogP contribution is -2.61. The number of hydrazine groups is 1. The highest BCUT2D eigenvalue weighted by Gasteiger charge is 2.38. The number of nitrogens with one attached hydrogen (secondary N) is 4. The van der Waals surface area contributed by atoms with Crippen LogP contribution in [0.1, 0.15) is 49.8 Å². The van der Waals surface area contributed by atoms with Gasteiger partial charge in [0.15, 0.2) is 6.10 Å². The van der Waals surface area contributed by atoms with Crippen molar-refractivity contribution in [2.45, 2.75) is 82.3 Å². The van der Waals surface area contributed by atoms with Gasteiger partial charge in [-0.2, -0.15) is 12.6 Å². The van der Waals surface area contributed by atoms with Gasteiger partial charge in [0.1, 0.15) is 36.5 Å². The number of aliphatic carboxylic acids is 3. The highest BCUT2D eigenvalue weighted by atomic mass is 32.1. The lowest BCUT2D eigenvalue weighted by molar-refractivity contribution is -0.153. The molecule has 0 radical (unpaired) electrons. The molecule has 20 nitrogen and oxygen atoms in total. The van der Waals surface area contributed by atoms with Gasteiger partial charge in [-0.3, -0.25) is 43.8 Å². The molecule has 6 amide bonds. The van der Waals surface area contributed by atoms with Crippen molar-refractivity contribution < 1.29 is 68.3 Å². The molecule has 0 saturated heterocycles. The van der Waals surface area contributed by atoms with Crippen LogP contribution in [0, 0.1) is 5.92 Å². The Hall–Kier alpha value is -7.00. The number of aliphatic hydroxyl groups excluding tert-OH is 1. The minimum absolute atomic E-state index is 0.0115. The molecule has 63 heavy (non-hydrogen) atoms. The van der Waals surface area contributed by atoms with Crippen LogP contribution in [0.4, 0.5) is 4.79 Å². The van der Waals surface area contributed by atoms with Crippen LogP contribution in [0.5, 0.6) is 0 Å². The van der Waals surface area contributed by atoms with Crippen molar-refractivity contribution >= 4 is 66.2 Å². The molecule has 0 aliphatic carbocycles. The summed E-state index contributed by atoms with van der Waals surface area (Å²) < 4.78 is 5.07. The lowest BCUT2D eigenvalue weighted by Gasteiger charge is -2.31. The zero-order chi connectivity index (χ0) is 46.6. The first-order chi connectivity index (χ1) is 29.9. The van der Waals surface area contributed by atoms with E-state index in [0.29, 0.717) is 21.7 Å². The molecule has 0 saturated carbocycles. The van der Waals surface area contributed by atoms with E-state index in [0.717, 1.165) is 0 Å². The fraction of sp³-hybridized carbons (Fsp3) is 0.357. The topological polar surface area (TPSA) is 298 Å². The number of rotatable bonds is 23. The molecule has 0 spiro atoms. The highest BCUT2D eigenvalue weighted by Crippen LogP contribution is 2.17. The quantitative estimate of drug-likeness (QED) is 0.0476. The number of alkyl carbamates (subject to hydrolysis) is 1. The molecule has 338 valence electrons. The van der Waals surface area contributed by atoms with Gasteiger partial charge < -0.3 is 46.0 Å². The molecule has 0 bridgehead atoms. The Morgan fingerprint density at radius 2 is 1.14 bits per heavy atom. The summed E-state index contributed by atoms with van der Waals surface area (Å²) in [5, 5.41) is 44.6. The largest absolute Gasteiger partial charge is 0.481 e. The van der Waals surface area contributed by atoms with Gasteiger partial charge in [0.2, 0.25) is 11.8 Å². The van der Waals surface area contributed by atoms with Crippen molar-refractivity contribution in [3.63, 3.8) is 0 Å². The molecule has 0 aliphatic rings. The number of aliphatic hydroxyl groups is 1. The van der Waals surface area contributed by atoms with E-state index in [1.807, 2.05) is 0 Å². The molecule has 3 aromatic carbocycles. The molecule has 3 rings (SSSR count). The fourth-order valence-corrected chi connectivity index (χ4v) is 6.10. The number of carboxylic acids is 3. The highest BCUT2D eigenvalue weighted by molar-refractivity contribution is 7.82. The number of thiol groups is 1. The van der Waals surface area contributed by atoms with E-state index in [9.17, 15) is 63.6 Å². The number of carbonyl (C=O) groups is 9. The van der Waals surface area contributed by atoms with E-state index in [2.05, 4.69) is 34.0 Å². The number of nitrogens with zero attached hydrogens (tertiary/aromatic N) is 2. The summed E-state index contributed by atoms with van der Waals surface area (Å²) in [6, 6.07) is 20.7. The molecule has 0 aromatic heterocycles. The standard InChI is InChI=1S/C42H50N6O14S/c1-25(2)34(45-37(56)29(18-19-31(49)50)43-38(57)30(20-32(51)52)44-42(61)62-24-28-16-10-5-11-17-28)39(58)46-48(23-33(53)54)41(60)36(63)35(55)40(59)47(21-26-12-6-3-7-13-26)22-27-14-8-4-9-15-27/h3-17,25,29-30,34-36,55,63H,18-24H2,1-2H3,(H,43,57)(H,44,61)(H,45,56)(H,46,58)(H,49,50)(H,51,52)(H,53,54)/t29-,30-,34-,35-,36+/m0/s1. The van der Waals surface area contributed by atoms with Crippen LogP contribution in [0.15, 0.2) is 91.0 Å². The van der Waals surface area contributed by atoms with Crippen LogP contribution in [-0.4, -0.2) is 120 Å². The zero-order valence-electron chi connectivity index (χ0n) is 34.3. The molecule has 0 unspecified atom stereocenters. The van der Waals surface area contributed by atoms with Crippen LogP contribution >= 0.6 is 12.6 Å². The molecular formula is C42H50N6O14S. The van der Waals surface area contributed by atoms with Gasteiger partial charge in [-0.05, 0) is 29.0 Å². The maximum atomic E-state index is 13.7. The summed E-state index contributed by atoms with van der Waals surface area (Å²) in [7, 11) is 0. The van der Waals surface area contributed by atoms with Crippen LogP contribution in [0.3, 0.4) is 0 Å². The van der Waals surface area contributed by atoms with Gasteiger partial charge in [-0.1, -0.05) is 105 Å². The van der Waals surface area contributed by atoms with Crippen molar-refractivity contribution in [1.82, 2.24) is 31.3 Å². The minimum Gasteiger partial charge on any atom is -0.481 e. The first-order valence-electron chi connectivity index (χ1n) is 19.4. The van der Waals surface area contributed by atoms with Gasteiger partial charge in [0.05, 0.1) is 6.42 Å². The predicted octanol–water partition coefficient (Wildman–Crippen LogP) is 1.08. The number of amides is 6. The second-order valence-corrected chi connectivity index (χ2v) is 15.0. The smallest absolute Gasteiger partial charge is 0.408 e. The SMILES string of the molecule is CC(C)[C@H](NC(=O)[C@H](CCC(=O)O)NC(=O)[C@H](CC(=O)O)NC(=O)OCc1ccccc1)C(=O)NN(CC(=O)O)C(=O)[C@H](S)[C@H](O)C(=O)N(Cc1ccccc1)Cc1ccccc1. The van der Waals surface area contributed by atoms with Gasteiger partial charge in [-0.25, -0.2) is 9.80 Å². The Bertz CT molecular complexity index is 2020. The molecule has 5 atom stereocenters. The Labute approximate surface area is 367 Å². The Balaban J connectivity index is 1.78. The maximum Gasteiger partial charge on any atom is 0.408 e. The minimum atomic E-state index is -2.15.